The number of carbonyl (C=O) groups excluding carboxylic acids is 3. The normalized spacial score (nSPS) is 16.6. The molecule has 0 aromatic heterocycles. The van der Waals surface area contributed by atoms with Gasteiger partial charge in [-0.05, 0) is 65.5 Å². The predicted molar refractivity (Wildman–Crippen MR) is 121 cm³/mol. The third-order valence-corrected chi connectivity index (χ3v) is 5.03. The number of nitrogens with two attached hydrogens (primary N) is 3. The summed E-state index contributed by atoms with van der Waals surface area (Å²) < 4.78 is 0. The van der Waals surface area contributed by atoms with Gasteiger partial charge in [0.25, 0.3) is 0 Å². The Morgan fingerprint density at radius 2 is 1.15 bits per heavy atom. The van der Waals surface area contributed by atoms with Crippen molar-refractivity contribution < 1.29 is 34.5 Å². The van der Waals surface area contributed by atoms with E-state index in [1.807, 2.05) is 0 Å². The molecule has 0 aromatic rings. The number of carbonyl (C=O) groups is 4. The molecule has 0 aliphatic heterocycles. The summed E-state index contributed by atoms with van der Waals surface area (Å²) in [6.45, 7) is 3.31. The minimum absolute atomic E-state index is 0.164. The average Bonchev–Trinajstić information content (AvgIpc) is 2.74. The molecule has 0 saturated carbocycles. The molecule has 6 atom stereocenters. The van der Waals surface area contributed by atoms with Gasteiger partial charge in [-0.15, -0.1) is 0 Å². The zero-order valence-electron chi connectivity index (χ0n) is 19.3. The second-order valence-electron chi connectivity index (χ2n) is 8.02. The van der Waals surface area contributed by atoms with Crippen LogP contribution in [-0.2, 0) is 19.2 Å². The Labute approximate surface area is 193 Å². The van der Waals surface area contributed by atoms with E-state index >= 15 is 0 Å². The minimum atomic E-state index is -1.56. The van der Waals surface area contributed by atoms with E-state index in [0.717, 1.165) is 0 Å². The number of nitrogens with one attached hydrogen (secondary N) is 3. The first-order valence-corrected chi connectivity index (χ1v) is 11.1. The monoisotopic (exact) mass is 476 g/mol. The number of amides is 3. The van der Waals surface area contributed by atoms with E-state index in [-0.39, 0.29) is 12.8 Å². The highest BCUT2D eigenvalue weighted by Gasteiger charge is 2.32. The highest BCUT2D eigenvalue weighted by molar-refractivity contribution is 5.94. The number of hydrogen-bond donors (Lipinski definition) is 9. The molecule has 0 radical (unpaired) electrons. The van der Waals surface area contributed by atoms with Crippen molar-refractivity contribution in [3.63, 3.8) is 0 Å². The van der Waals surface area contributed by atoms with E-state index in [9.17, 15) is 34.5 Å². The summed E-state index contributed by atoms with van der Waals surface area (Å²) in [6, 6.07) is -4.98. The first-order chi connectivity index (χ1) is 15.5. The van der Waals surface area contributed by atoms with Gasteiger partial charge in [-0.25, -0.2) is 4.79 Å². The van der Waals surface area contributed by atoms with Crippen LogP contribution in [0.4, 0.5) is 0 Å². The Hall–Kier alpha value is -2.32. The number of hydrogen-bond acceptors (Lipinski definition) is 9. The van der Waals surface area contributed by atoms with Gasteiger partial charge in [0, 0.05) is 0 Å². The standard InChI is InChI=1S/C20H40N6O7/c1-11(27)15(23)19(31)25-13(7-3-5-9-21)17(29)24-14(8-4-6-10-22)18(30)26-16(12(2)28)20(32)33/h11-16,27-28H,3-10,21-23H2,1-2H3,(H,24,29)(H,25,31)(H,26,30)(H,32,33). The van der Waals surface area contributed by atoms with Crippen molar-refractivity contribution in [2.24, 2.45) is 17.2 Å². The summed E-state index contributed by atoms with van der Waals surface area (Å²) >= 11 is 0. The topological polar surface area (TPSA) is 243 Å². The molecule has 0 aliphatic rings. The molecule has 13 heteroatoms. The van der Waals surface area contributed by atoms with Crippen LogP contribution in [0.15, 0.2) is 0 Å². The lowest BCUT2D eigenvalue weighted by Crippen LogP contribution is -2.59. The summed E-state index contributed by atoms with van der Waals surface area (Å²) in [7, 11) is 0. The lowest BCUT2D eigenvalue weighted by Gasteiger charge is -2.26. The fourth-order valence-electron chi connectivity index (χ4n) is 2.93. The van der Waals surface area contributed by atoms with E-state index in [0.29, 0.717) is 38.8 Å². The molecule has 0 saturated heterocycles. The van der Waals surface area contributed by atoms with E-state index < -0.39 is 60.1 Å². The quantitative estimate of drug-likeness (QED) is 0.0955. The van der Waals surface area contributed by atoms with Crippen molar-refractivity contribution in [2.75, 3.05) is 13.1 Å². The Bertz CT molecular complexity index is 632. The third kappa shape index (κ3) is 11.9. The van der Waals surface area contributed by atoms with Crippen LogP contribution in [0.1, 0.15) is 52.4 Å². The van der Waals surface area contributed by atoms with Crippen LogP contribution in [-0.4, -0.2) is 88.5 Å². The van der Waals surface area contributed by atoms with Gasteiger partial charge in [0.2, 0.25) is 17.7 Å². The van der Waals surface area contributed by atoms with E-state index in [4.69, 9.17) is 17.2 Å². The molecular weight excluding hydrogens is 436 g/mol. The summed E-state index contributed by atoms with van der Waals surface area (Å²) in [6.07, 6.45) is 0.0134. The number of unbranched alkanes of at least 4 members (excludes halogenated alkanes) is 2. The fraction of sp³-hybridized carbons (Fsp3) is 0.800. The first kappa shape index (κ1) is 30.7. The minimum Gasteiger partial charge on any atom is -0.480 e. The summed E-state index contributed by atoms with van der Waals surface area (Å²) in [4.78, 5) is 49.2. The molecule has 0 spiro atoms. The van der Waals surface area contributed by atoms with Gasteiger partial charge in [-0.1, -0.05) is 0 Å². The van der Waals surface area contributed by atoms with E-state index in [1.54, 1.807) is 0 Å². The Morgan fingerprint density at radius 3 is 1.52 bits per heavy atom. The smallest absolute Gasteiger partial charge is 0.328 e. The molecule has 0 aliphatic carbocycles. The molecule has 192 valence electrons. The van der Waals surface area contributed by atoms with Gasteiger partial charge in [0.15, 0.2) is 6.04 Å². The van der Waals surface area contributed by atoms with Gasteiger partial charge in [-0.3, -0.25) is 14.4 Å². The molecular formula is C20H40N6O7. The van der Waals surface area contributed by atoms with Gasteiger partial charge in [0.05, 0.1) is 12.2 Å². The molecule has 13 nitrogen and oxygen atoms in total. The molecule has 0 bridgehead atoms. The third-order valence-electron chi connectivity index (χ3n) is 5.03. The van der Waals surface area contributed by atoms with Gasteiger partial charge >= 0.3 is 5.97 Å². The Balaban J connectivity index is 5.50. The number of aliphatic hydroxyl groups is 2. The van der Waals surface area contributed by atoms with Crippen molar-refractivity contribution in [3.05, 3.63) is 0 Å². The van der Waals surface area contributed by atoms with Gasteiger partial charge < -0.3 is 48.5 Å². The van der Waals surface area contributed by atoms with Crippen molar-refractivity contribution >= 4 is 23.7 Å². The second-order valence-corrected chi connectivity index (χ2v) is 8.02. The molecule has 0 aromatic carbocycles. The van der Waals surface area contributed by atoms with Gasteiger partial charge in [-0.2, -0.15) is 0 Å². The van der Waals surface area contributed by atoms with Crippen LogP contribution in [0.2, 0.25) is 0 Å². The fourth-order valence-corrected chi connectivity index (χ4v) is 2.93. The maximum atomic E-state index is 12.9. The number of carboxylic acid groups (broad SMARTS) is 1. The maximum absolute atomic E-state index is 12.9. The number of aliphatic hydroxyl groups excluding tert-OH is 2. The van der Waals surface area contributed by atoms with Crippen molar-refractivity contribution in [3.8, 4) is 0 Å². The van der Waals surface area contributed by atoms with Crippen LogP contribution < -0.4 is 33.2 Å². The lowest BCUT2D eigenvalue weighted by molar-refractivity contribution is -0.145. The van der Waals surface area contributed by atoms with Crippen molar-refractivity contribution in [1.82, 2.24) is 16.0 Å². The number of rotatable bonds is 17. The van der Waals surface area contributed by atoms with Crippen LogP contribution >= 0.6 is 0 Å². The van der Waals surface area contributed by atoms with Crippen molar-refractivity contribution in [2.45, 2.75) is 88.7 Å². The van der Waals surface area contributed by atoms with E-state index in [2.05, 4.69) is 16.0 Å². The average molecular weight is 477 g/mol. The zero-order chi connectivity index (χ0) is 25.6. The van der Waals surface area contributed by atoms with Crippen LogP contribution in [0.5, 0.6) is 0 Å². The van der Waals surface area contributed by atoms with Crippen LogP contribution in [0, 0.1) is 0 Å². The Morgan fingerprint density at radius 1 is 0.727 bits per heavy atom. The molecule has 6 unspecified atom stereocenters. The molecule has 12 N–H and O–H groups in total. The highest BCUT2D eigenvalue weighted by atomic mass is 16.4. The molecule has 0 rings (SSSR count). The largest absolute Gasteiger partial charge is 0.480 e. The second kappa shape index (κ2) is 16.3. The van der Waals surface area contributed by atoms with E-state index in [1.165, 1.54) is 13.8 Å². The molecule has 33 heavy (non-hydrogen) atoms. The summed E-state index contributed by atoms with van der Waals surface area (Å²) in [5.74, 6) is -3.62. The lowest BCUT2D eigenvalue weighted by atomic mass is 10.0. The predicted octanol–water partition coefficient (Wildman–Crippen LogP) is -3.13. The maximum Gasteiger partial charge on any atom is 0.328 e. The SMILES string of the molecule is CC(O)C(N)C(=O)NC(CCCCN)C(=O)NC(CCCCN)C(=O)NC(C(=O)O)C(C)O. The molecule has 0 fully saturated rings. The molecule has 3 amide bonds. The summed E-state index contributed by atoms with van der Waals surface area (Å²) in [5, 5.41) is 35.6. The van der Waals surface area contributed by atoms with Crippen LogP contribution in [0.3, 0.4) is 0 Å². The molecule has 0 heterocycles. The first-order valence-electron chi connectivity index (χ1n) is 11.1. The highest BCUT2D eigenvalue weighted by Crippen LogP contribution is 2.07. The summed E-state index contributed by atoms with van der Waals surface area (Å²) in [5.41, 5.74) is 16.6. The van der Waals surface area contributed by atoms with Gasteiger partial charge in [0.1, 0.15) is 18.1 Å². The van der Waals surface area contributed by atoms with Crippen molar-refractivity contribution in [1.29, 1.82) is 0 Å². The number of carboxylic acids is 1. The zero-order valence-corrected chi connectivity index (χ0v) is 19.3. The Kier molecular flexibility index (Phi) is 15.2. The van der Waals surface area contributed by atoms with Crippen LogP contribution in [0.25, 0.3) is 0 Å². The number of aliphatic carboxylic acids is 1.